The van der Waals surface area contributed by atoms with Gasteiger partial charge in [0.2, 0.25) is 11.8 Å². The monoisotopic (exact) mass is 403 g/mol. The minimum atomic E-state index is -0.606. The summed E-state index contributed by atoms with van der Waals surface area (Å²) in [4.78, 5) is 40.0. The Kier molecular flexibility index (Phi) is 4.61. The van der Waals surface area contributed by atoms with Crippen LogP contribution < -0.4 is 10.6 Å². The predicted octanol–water partition coefficient (Wildman–Crippen LogP) is 1.75. The third-order valence-electron chi connectivity index (χ3n) is 6.77. The molecule has 28 heavy (non-hydrogen) atoms. The summed E-state index contributed by atoms with van der Waals surface area (Å²) in [6, 6.07) is 2.43. The predicted molar refractivity (Wildman–Crippen MR) is 103 cm³/mol. The van der Waals surface area contributed by atoms with Crippen molar-refractivity contribution in [1.82, 2.24) is 15.5 Å². The van der Waals surface area contributed by atoms with E-state index < -0.39 is 18.0 Å². The van der Waals surface area contributed by atoms with E-state index in [4.69, 9.17) is 4.42 Å². The van der Waals surface area contributed by atoms with Crippen molar-refractivity contribution in [3.8, 4) is 0 Å². The van der Waals surface area contributed by atoms with Gasteiger partial charge in [-0.05, 0) is 56.1 Å². The fourth-order valence-electron chi connectivity index (χ4n) is 5.37. The SMILES string of the molecule is O=C(N[C@H]1CC[C@@H]2SC[C@@H](C(=O)N[C@@H]3C[C@H]4CC[C@@H]3C4)N2C1=O)c1ccco1. The highest BCUT2D eigenvalue weighted by atomic mass is 32.2. The summed E-state index contributed by atoms with van der Waals surface area (Å²) < 4.78 is 5.11. The Morgan fingerprint density at radius 1 is 1.14 bits per heavy atom. The van der Waals surface area contributed by atoms with Gasteiger partial charge in [0.1, 0.15) is 12.1 Å². The van der Waals surface area contributed by atoms with Crippen molar-refractivity contribution in [3.63, 3.8) is 0 Å². The van der Waals surface area contributed by atoms with Gasteiger partial charge in [0.25, 0.3) is 5.91 Å². The van der Waals surface area contributed by atoms with E-state index in [2.05, 4.69) is 10.6 Å². The molecular weight excluding hydrogens is 378 g/mol. The zero-order chi connectivity index (χ0) is 19.3. The highest BCUT2D eigenvalue weighted by molar-refractivity contribution is 8.00. The van der Waals surface area contributed by atoms with Crippen molar-refractivity contribution in [3.05, 3.63) is 24.2 Å². The van der Waals surface area contributed by atoms with Crippen LogP contribution in [0.25, 0.3) is 0 Å². The van der Waals surface area contributed by atoms with E-state index in [1.165, 1.54) is 25.5 Å². The molecule has 2 saturated heterocycles. The lowest BCUT2D eigenvalue weighted by molar-refractivity contribution is -0.143. The summed E-state index contributed by atoms with van der Waals surface area (Å²) >= 11 is 1.67. The summed E-state index contributed by atoms with van der Waals surface area (Å²) in [6.45, 7) is 0. The summed E-state index contributed by atoms with van der Waals surface area (Å²) in [5.74, 6) is 1.61. The van der Waals surface area contributed by atoms with Gasteiger partial charge in [-0.2, -0.15) is 0 Å². The summed E-state index contributed by atoms with van der Waals surface area (Å²) in [6.07, 6.45) is 7.60. The quantitative estimate of drug-likeness (QED) is 0.799. The molecule has 150 valence electrons. The highest BCUT2D eigenvalue weighted by Crippen LogP contribution is 2.45. The molecule has 3 amide bonds. The molecule has 0 aromatic carbocycles. The standard InChI is InChI=1S/C20H25N3O4S/c24-18(22-14-9-11-3-4-12(14)8-11)15-10-28-17-6-5-13(20(26)23(15)17)21-19(25)16-2-1-7-27-16/h1-2,7,11-15,17H,3-6,8-10H2,(H,21,25)(H,22,24)/t11-,12+,13-,14+,15-,17-/m0/s1. The maximum absolute atomic E-state index is 13.1. The Morgan fingerprint density at radius 2 is 2.04 bits per heavy atom. The maximum atomic E-state index is 13.1. The molecule has 1 aromatic heterocycles. The highest BCUT2D eigenvalue weighted by Gasteiger charge is 2.48. The van der Waals surface area contributed by atoms with Gasteiger partial charge >= 0.3 is 0 Å². The molecule has 0 spiro atoms. The van der Waals surface area contributed by atoms with Crippen LogP contribution in [0.15, 0.2) is 22.8 Å². The Labute approximate surface area is 168 Å². The molecule has 2 saturated carbocycles. The van der Waals surface area contributed by atoms with Gasteiger partial charge in [0.05, 0.1) is 11.6 Å². The minimum absolute atomic E-state index is 0.0278. The molecule has 0 unspecified atom stereocenters. The van der Waals surface area contributed by atoms with Crippen molar-refractivity contribution >= 4 is 29.5 Å². The molecule has 4 aliphatic rings. The number of amides is 3. The van der Waals surface area contributed by atoms with Gasteiger partial charge in [-0.15, -0.1) is 11.8 Å². The molecule has 2 bridgehead atoms. The lowest BCUT2D eigenvalue weighted by Gasteiger charge is -2.37. The minimum Gasteiger partial charge on any atom is -0.459 e. The molecule has 2 aliphatic carbocycles. The van der Waals surface area contributed by atoms with Crippen molar-refractivity contribution < 1.29 is 18.8 Å². The van der Waals surface area contributed by atoms with Gasteiger partial charge in [-0.1, -0.05) is 6.42 Å². The smallest absolute Gasteiger partial charge is 0.287 e. The van der Waals surface area contributed by atoms with Crippen molar-refractivity contribution in [2.75, 3.05) is 5.75 Å². The third kappa shape index (κ3) is 3.11. The molecule has 5 rings (SSSR count). The van der Waals surface area contributed by atoms with E-state index in [0.29, 0.717) is 18.1 Å². The van der Waals surface area contributed by atoms with E-state index in [-0.39, 0.29) is 29.0 Å². The number of furan rings is 1. The van der Waals surface area contributed by atoms with E-state index in [1.807, 2.05) is 0 Å². The van der Waals surface area contributed by atoms with E-state index >= 15 is 0 Å². The number of hydrogen-bond acceptors (Lipinski definition) is 5. The number of nitrogens with zero attached hydrogens (tertiary/aromatic N) is 1. The molecule has 2 aliphatic heterocycles. The topological polar surface area (TPSA) is 91.7 Å². The van der Waals surface area contributed by atoms with Crippen LogP contribution in [0.4, 0.5) is 0 Å². The average Bonchev–Trinajstić information content (AvgIpc) is 3.47. The molecule has 3 heterocycles. The van der Waals surface area contributed by atoms with Crippen LogP contribution in [0.1, 0.15) is 49.1 Å². The first-order valence-corrected chi connectivity index (χ1v) is 11.2. The number of nitrogens with one attached hydrogen (secondary N) is 2. The van der Waals surface area contributed by atoms with E-state index in [1.54, 1.807) is 28.8 Å². The van der Waals surface area contributed by atoms with Crippen molar-refractivity contribution in [1.29, 1.82) is 0 Å². The van der Waals surface area contributed by atoms with Crippen molar-refractivity contribution in [2.45, 2.75) is 62.0 Å². The molecule has 2 N–H and O–H groups in total. The van der Waals surface area contributed by atoms with Crippen LogP contribution in [0.2, 0.25) is 0 Å². The molecule has 1 aromatic rings. The van der Waals surface area contributed by atoms with Gasteiger partial charge < -0.3 is 20.0 Å². The molecule has 0 radical (unpaired) electrons. The first-order chi connectivity index (χ1) is 13.6. The van der Waals surface area contributed by atoms with Gasteiger partial charge in [0, 0.05) is 11.8 Å². The largest absolute Gasteiger partial charge is 0.459 e. The summed E-state index contributed by atoms with van der Waals surface area (Å²) in [5.41, 5.74) is 0. The molecule has 8 heteroatoms. The second kappa shape index (κ2) is 7.13. The zero-order valence-corrected chi connectivity index (χ0v) is 16.5. The normalized spacial score (nSPS) is 36.4. The Morgan fingerprint density at radius 3 is 2.75 bits per heavy atom. The number of carbonyl (C=O) groups excluding carboxylic acids is 3. The Hall–Kier alpha value is -1.96. The third-order valence-corrected chi connectivity index (χ3v) is 8.12. The maximum Gasteiger partial charge on any atom is 0.287 e. The second-order valence-electron chi connectivity index (χ2n) is 8.42. The molecule has 4 fully saturated rings. The number of hydrogen-bond donors (Lipinski definition) is 2. The first kappa shape index (κ1) is 18.1. The van der Waals surface area contributed by atoms with Crippen LogP contribution >= 0.6 is 11.8 Å². The average molecular weight is 404 g/mol. The van der Waals surface area contributed by atoms with Crippen LogP contribution in [-0.2, 0) is 9.59 Å². The fourth-order valence-corrected chi connectivity index (χ4v) is 6.80. The molecule has 6 atom stereocenters. The zero-order valence-electron chi connectivity index (χ0n) is 15.6. The number of carbonyl (C=O) groups is 3. The lowest BCUT2D eigenvalue weighted by Crippen LogP contribution is -2.59. The first-order valence-electron chi connectivity index (χ1n) is 10.2. The van der Waals surface area contributed by atoms with Crippen molar-refractivity contribution in [2.24, 2.45) is 11.8 Å². The summed E-state index contributed by atoms with van der Waals surface area (Å²) in [5, 5.41) is 6.04. The van der Waals surface area contributed by atoms with Gasteiger partial charge in [-0.3, -0.25) is 14.4 Å². The van der Waals surface area contributed by atoms with Crippen LogP contribution in [0.5, 0.6) is 0 Å². The van der Waals surface area contributed by atoms with Crippen LogP contribution in [0.3, 0.4) is 0 Å². The number of piperidine rings is 1. The van der Waals surface area contributed by atoms with Gasteiger partial charge in [-0.25, -0.2) is 0 Å². The Bertz CT molecular complexity index is 782. The molecule has 7 nitrogen and oxygen atoms in total. The second-order valence-corrected chi connectivity index (χ2v) is 9.63. The molecular formula is C20H25N3O4S. The lowest BCUT2D eigenvalue weighted by atomic mass is 9.95. The fraction of sp³-hybridized carbons (Fsp3) is 0.650. The van der Waals surface area contributed by atoms with E-state index in [9.17, 15) is 14.4 Å². The van der Waals surface area contributed by atoms with Gasteiger partial charge in [0.15, 0.2) is 5.76 Å². The number of rotatable bonds is 4. The van der Waals surface area contributed by atoms with Crippen LogP contribution in [0, 0.1) is 11.8 Å². The summed E-state index contributed by atoms with van der Waals surface area (Å²) in [7, 11) is 0. The van der Waals surface area contributed by atoms with Crippen LogP contribution in [-0.4, -0.2) is 51.9 Å². The number of fused-ring (bicyclic) bond motifs is 3. The number of thioether (sulfide) groups is 1. The van der Waals surface area contributed by atoms with E-state index in [0.717, 1.165) is 18.8 Å². The Balaban J connectivity index is 1.24.